The highest BCUT2D eigenvalue weighted by Gasteiger charge is 2.25. The minimum atomic E-state index is -0.482. The number of hydrogen-bond donors (Lipinski definition) is 0. The summed E-state index contributed by atoms with van der Waals surface area (Å²) in [4.78, 5) is 16.5. The van der Waals surface area contributed by atoms with E-state index in [1.807, 2.05) is 61.5 Å². The third kappa shape index (κ3) is 3.26. The molecule has 0 bridgehead atoms. The lowest BCUT2D eigenvalue weighted by atomic mass is 10.1. The molecule has 4 rings (SSSR count). The molecule has 0 saturated heterocycles. The lowest BCUT2D eigenvalue weighted by Crippen LogP contribution is -2.06. The second kappa shape index (κ2) is 6.77. The Balaban J connectivity index is 1.63. The number of aliphatic imine (C=N–C) groups is 1. The van der Waals surface area contributed by atoms with Crippen LogP contribution in [0.5, 0.6) is 0 Å². The van der Waals surface area contributed by atoms with Crippen LogP contribution in [0, 0.1) is 6.92 Å². The number of halogens is 1. The van der Waals surface area contributed by atoms with Crippen LogP contribution in [-0.2, 0) is 9.53 Å². The van der Waals surface area contributed by atoms with Crippen LogP contribution < -0.4 is 0 Å². The zero-order chi connectivity index (χ0) is 18.1. The Hall–Kier alpha value is -2.92. The molecule has 5 heteroatoms. The van der Waals surface area contributed by atoms with Gasteiger partial charge in [0.15, 0.2) is 5.70 Å². The average molecular weight is 408 g/mol. The van der Waals surface area contributed by atoms with Crippen LogP contribution in [0.3, 0.4) is 0 Å². The van der Waals surface area contributed by atoms with Gasteiger partial charge < -0.3 is 9.15 Å². The first kappa shape index (κ1) is 16.5. The zero-order valence-corrected chi connectivity index (χ0v) is 15.5. The molecule has 1 aliphatic rings. The molecule has 0 aliphatic carbocycles. The van der Waals surface area contributed by atoms with Crippen LogP contribution in [-0.4, -0.2) is 11.9 Å². The number of benzene rings is 2. The van der Waals surface area contributed by atoms with Gasteiger partial charge in [0.2, 0.25) is 5.90 Å². The third-order valence-corrected chi connectivity index (χ3v) is 4.56. The Bertz CT molecular complexity index is 1050. The Labute approximate surface area is 159 Å². The number of nitrogens with zero attached hydrogens (tertiary/aromatic N) is 1. The SMILES string of the molecule is Cc1ccccc1C1=N/C(=C\c2ccc(-c3ccc(Br)cc3)o2)C(=O)O1. The molecule has 128 valence electrons. The molecule has 1 aromatic heterocycles. The highest BCUT2D eigenvalue weighted by molar-refractivity contribution is 9.10. The molecule has 0 radical (unpaired) electrons. The van der Waals surface area contributed by atoms with Crippen molar-refractivity contribution in [2.24, 2.45) is 4.99 Å². The van der Waals surface area contributed by atoms with Gasteiger partial charge in [0, 0.05) is 21.7 Å². The van der Waals surface area contributed by atoms with Gasteiger partial charge in [0.05, 0.1) is 0 Å². The van der Waals surface area contributed by atoms with Gasteiger partial charge in [-0.1, -0.05) is 46.3 Å². The molecule has 3 aromatic rings. The van der Waals surface area contributed by atoms with Gasteiger partial charge in [-0.05, 0) is 42.8 Å². The molecular weight excluding hydrogens is 394 g/mol. The Kier molecular flexibility index (Phi) is 4.31. The molecule has 0 atom stereocenters. The summed E-state index contributed by atoms with van der Waals surface area (Å²) >= 11 is 3.41. The van der Waals surface area contributed by atoms with Crippen LogP contribution in [0.25, 0.3) is 17.4 Å². The molecule has 2 heterocycles. The fraction of sp³-hybridized carbons (Fsp3) is 0.0476. The van der Waals surface area contributed by atoms with E-state index in [4.69, 9.17) is 9.15 Å². The predicted octanol–water partition coefficient (Wildman–Crippen LogP) is 5.36. The van der Waals surface area contributed by atoms with Gasteiger partial charge >= 0.3 is 5.97 Å². The van der Waals surface area contributed by atoms with Gasteiger partial charge in [0.1, 0.15) is 11.5 Å². The van der Waals surface area contributed by atoms with Crippen LogP contribution in [0.15, 0.2) is 80.2 Å². The normalized spacial score (nSPS) is 15.2. The molecule has 0 fully saturated rings. The number of carbonyl (C=O) groups is 1. The highest BCUT2D eigenvalue weighted by Crippen LogP contribution is 2.26. The summed E-state index contributed by atoms with van der Waals surface area (Å²) in [6, 6.07) is 19.1. The largest absolute Gasteiger partial charge is 0.457 e. The Morgan fingerprint density at radius 3 is 2.54 bits per heavy atom. The molecule has 2 aromatic carbocycles. The number of ether oxygens (including phenoxy) is 1. The first-order valence-electron chi connectivity index (χ1n) is 8.04. The number of carbonyl (C=O) groups excluding carboxylic acids is 1. The summed E-state index contributed by atoms with van der Waals surface area (Å²) < 4.78 is 12.1. The van der Waals surface area contributed by atoms with Crippen molar-refractivity contribution in [3.8, 4) is 11.3 Å². The van der Waals surface area contributed by atoms with E-state index >= 15 is 0 Å². The molecule has 0 saturated carbocycles. The minimum Gasteiger partial charge on any atom is -0.457 e. The maximum atomic E-state index is 12.1. The summed E-state index contributed by atoms with van der Waals surface area (Å²) in [5.74, 6) is 1.10. The topological polar surface area (TPSA) is 51.8 Å². The van der Waals surface area contributed by atoms with Crippen LogP contribution in [0.1, 0.15) is 16.9 Å². The number of furan rings is 1. The molecule has 0 spiro atoms. The molecule has 4 nitrogen and oxygen atoms in total. The number of esters is 1. The molecule has 26 heavy (non-hydrogen) atoms. The standard InChI is InChI=1S/C21H14BrNO3/c1-13-4-2-3-5-17(13)20-23-18(21(24)26-20)12-16-10-11-19(25-16)14-6-8-15(22)9-7-14/h2-12H,1H3/b18-12-. The first-order chi connectivity index (χ1) is 12.6. The predicted molar refractivity (Wildman–Crippen MR) is 104 cm³/mol. The smallest absolute Gasteiger partial charge is 0.363 e. The number of rotatable bonds is 3. The summed E-state index contributed by atoms with van der Waals surface area (Å²) in [5, 5.41) is 0. The van der Waals surface area contributed by atoms with Crippen molar-refractivity contribution in [1.29, 1.82) is 0 Å². The summed E-state index contributed by atoms with van der Waals surface area (Å²) in [5.41, 5.74) is 2.98. The van der Waals surface area contributed by atoms with Crippen LogP contribution in [0.4, 0.5) is 0 Å². The van der Waals surface area contributed by atoms with Gasteiger partial charge in [-0.25, -0.2) is 9.79 Å². The third-order valence-electron chi connectivity index (χ3n) is 4.03. The molecule has 0 unspecified atom stereocenters. The van der Waals surface area contributed by atoms with Gasteiger partial charge in [0.25, 0.3) is 0 Å². The first-order valence-corrected chi connectivity index (χ1v) is 8.84. The van der Waals surface area contributed by atoms with E-state index in [9.17, 15) is 4.79 Å². The number of aryl methyl sites for hydroxylation is 1. The van der Waals surface area contributed by atoms with Gasteiger partial charge in [-0.15, -0.1) is 0 Å². The second-order valence-corrected chi connectivity index (χ2v) is 6.78. The maximum Gasteiger partial charge on any atom is 0.363 e. The second-order valence-electron chi connectivity index (χ2n) is 5.86. The van der Waals surface area contributed by atoms with Crippen molar-refractivity contribution in [3.05, 3.63) is 87.7 Å². The fourth-order valence-electron chi connectivity index (χ4n) is 2.67. The monoisotopic (exact) mass is 407 g/mol. The van der Waals surface area contributed by atoms with Crippen LogP contribution >= 0.6 is 15.9 Å². The van der Waals surface area contributed by atoms with Gasteiger partial charge in [-0.3, -0.25) is 0 Å². The number of cyclic esters (lactones) is 1. The lowest BCUT2D eigenvalue weighted by Gasteiger charge is -2.02. The van der Waals surface area contributed by atoms with E-state index in [-0.39, 0.29) is 5.70 Å². The van der Waals surface area contributed by atoms with Crippen LogP contribution in [0.2, 0.25) is 0 Å². The van der Waals surface area contributed by atoms with Crippen molar-refractivity contribution in [3.63, 3.8) is 0 Å². The zero-order valence-electron chi connectivity index (χ0n) is 13.9. The van der Waals surface area contributed by atoms with Gasteiger partial charge in [-0.2, -0.15) is 0 Å². The lowest BCUT2D eigenvalue weighted by molar-refractivity contribution is -0.129. The van der Waals surface area contributed by atoms with E-state index < -0.39 is 5.97 Å². The van der Waals surface area contributed by atoms with E-state index in [1.54, 1.807) is 12.1 Å². The van der Waals surface area contributed by atoms with Crippen molar-refractivity contribution in [1.82, 2.24) is 0 Å². The number of hydrogen-bond acceptors (Lipinski definition) is 4. The summed E-state index contributed by atoms with van der Waals surface area (Å²) in [7, 11) is 0. The Morgan fingerprint density at radius 2 is 1.77 bits per heavy atom. The van der Waals surface area contributed by atoms with Crippen molar-refractivity contribution in [2.45, 2.75) is 6.92 Å². The minimum absolute atomic E-state index is 0.222. The summed E-state index contributed by atoms with van der Waals surface area (Å²) in [6.07, 6.45) is 1.59. The van der Waals surface area contributed by atoms with E-state index in [0.717, 1.165) is 26.9 Å². The fourth-order valence-corrected chi connectivity index (χ4v) is 2.94. The van der Waals surface area contributed by atoms with E-state index in [0.29, 0.717) is 11.7 Å². The molecular formula is C21H14BrNO3. The maximum absolute atomic E-state index is 12.1. The van der Waals surface area contributed by atoms with E-state index in [2.05, 4.69) is 20.9 Å². The molecule has 1 aliphatic heterocycles. The van der Waals surface area contributed by atoms with Crippen molar-refractivity contribution in [2.75, 3.05) is 0 Å². The van der Waals surface area contributed by atoms with Crippen molar-refractivity contribution >= 4 is 33.9 Å². The molecule has 0 amide bonds. The molecule has 0 N–H and O–H groups in total. The quantitative estimate of drug-likeness (QED) is 0.433. The summed E-state index contributed by atoms with van der Waals surface area (Å²) in [6.45, 7) is 1.95. The van der Waals surface area contributed by atoms with E-state index in [1.165, 1.54) is 0 Å². The highest BCUT2D eigenvalue weighted by atomic mass is 79.9. The Morgan fingerprint density at radius 1 is 1.00 bits per heavy atom. The van der Waals surface area contributed by atoms with Crippen molar-refractivity contribution < 1.29 is 13.9 Å². The average Bonchev–Trinajstić information content (AvgIpc) is 3.24.